The fraction of sp³-hybridized carbons (Fsp3) is 0.571. The highest BCUT2D eigenvalue weighted by Gasteiger charge is 2.35. The van der Waals surface area contributed by atoms with Gasteiger partial charge < -0.3 is 11.5 Å². The highest BCUT2D eigenvalue weighted by atomic mass is 16.6. The molecule has 0 bridgehead atoms. The van der Waals surface area contributed by atoms with E-state index in [4.69, 9.17) is 11.5 Å². The van der Waals surface area contributed by atoms with Gasteiger partial charge in [0.15, 0.2) is 5.69 Å². The number of hydrogen-bond acceptors (Lipinski definition) is 6. The number of anilines is 2. The summed E-state index contributed by atoms with van der Waals surface area (Å²) in [6, 6.07) is 0. The van der Waals surface area contributed by atoms with Gasteiger partial charge in [-0.15, -0.1) is 0 Å². The Kier molecular flexibility index (Phi) is 5.67. The summed E-state index contributed by atoms with van der Waals surface area (Å²) >= 11 is 0. The van der Waals surface area contributed by atoms with Gasteiger partial charge in [0.25, 0.3) is 0 Å². The molecule has 1 rings (SSSR count). The predicted octanol–water partition coefficient (Wildman–Crippen LogP) is 3.66. The second-order valence-corrected chi connectivity index (χ2v) is 5.35. The van der Waals surface area contributed by atoms with Crippen LogP contribution in [0.3, 0.4) is 0 Å². The first-order chi connectivity index (χ1) is 10.3. The molecular weight excluding hydrogens is 288 g/mol. The average Bonchev–Trinajstić information content (AvgIpc) is 2.41. The Labute approximate surface area is 128 Å². The number of benzene rings is 1. The van der Waals surface area contributed by atoms with Gasteiger partial charge >= 0.3 is 11.4 Å². The Morgan fingerprint density at radius 2 is 1.41 bits per heavy atom. The molecule has 0 radical (unpaired) electrons. The summed E-state index contributed by atoms with van der Waals surface area (Å²) in [6.45, 7) is 5.56. The Balaban J connectivity index is 3.76. The Hall–Kier alpha value is -2.38. The van der Waals surface area contributed by atoms with Crippen LogP contribution in [0.15, 0.2) is 0 Å². The number of nitrogens with zero attached hydrogens (tertiary/aromatic N) is 2. The molecule has 8 nitrogen and oxygen atoms in total. The lowest BCUT2D eigenvalue weighted by atomic mass is 9.85. The first-order valence-corrected chi connectivity index (χ1v) is 7.27. The van der Waals surface area contributed by atoms with Crippen molar-refractivity contribution in [3.8, 4) is 0 Å². The van der Waals surface area contributed by atoms with Crippen LogP contribution >= 0.6 is 0 Å². The van der Waals surface area contributed by atoms with Crippen molar-refractivity contribution in [2.75, 3.05) is 11.5 Å². The number of hydrogen-bond donors (Lipinski definition) is 2. The molecule has 0 aromatic heterocycles. The van der Waals surface area contributed by atoms with Gasteiger partial charge in [0, 0.05) is 5.56 Å². The Morgan fingerprint density at radius 1 is 0.955 bits per heavy atom. The fourth-order valence-electron chi connectivity index (χ4n) is 2.93. The van der Waals surface area contributed by atoms with Crippen molar-refractivity contribution in [2.45, 2.75) is 52.4 Å². The molecule has 1 aromatic rings. The molecule has 0 amide bonds. The summed E-state index contributed by atoms with van der Waals surface area (Å²) in [7, 11) is 0. The van der Waals surface area contributed by atoms with Crippen LogP contribution in [-0.2, 0) is 0 Å². The monoisotopic (exact) mass is 310 g/mol. The van der Waals surface area contributed by atoms with Crippen molar-refractivity contribution in [1.29, 1.82) is 0 Å². The van der Waals surface area contributed by atoms with E-state index in [-0.39, 0.29) is 17.3 Å². The topological polar surface area (TPSA) is 138 Å². The molecule has 8 heteroatoms. The third-order valence-electron chi connectivity index (χ3n) is 3.88. The summed E-state index contributed by atoms with van der Waals surface area (Å²) in [5.41, 5.74) is 10.9. The third-order valence-corrected chi connectivity index (χ3v) is 3.88. The molecule has 0 fully saturated rings. The smallest absolute Gasteiger partial charge is 0.322 e. The molecule has 0 aliphatic heterocycles. The van der Waals surface area contributed by atoms with Crippen LogP contribution in [0.25, 0.3) is 0 Å². The maximum absolute atomic E-state index is 11.5. The van der Waals surface area contributed by atoms with E-state index < -0.39 is 21.2 Å². The first kappa shape index (κ1) is 17.7. The van der Waals surface area contributed by atoms with Crippen LogP contribution in [0.2, 0.25) is 0 Å². The van der Waals surface area contributed by atoms with Gasteiger partial charge in [-0.05, 0) is 31.2 Å². The zero-order chi connectivity index (χ0) is 17.0. The highest BCUT2D eigenvalue weighted by Crippen LogP contribution is 2.47. The van der Waals surface area contributed by atoms with Crippen molar-refractivity contribution in [3.05, 3.63) is 31.4 Å². The van der Waals surface area contributed by atoms with Gasteiger partial charge in [0.1, 0.15) is 5.69 Å². The number of nitro groups is 2. The molecular formula is C14H22N4O4. The molecule has 0 saturated heterocycles. The van der Waals surface area contributed by atoms with E-state index in [0.717, 1.165) is 25.7 Å². The molecule has 0 heterocycles. The molecule has 0 unspecified atom stereocenters. The number of nitro benzene ring substituents is 2. The van der Waals surface area contributed by atoms with Crippen LogP contribution in [0.5, 0.6) is 0 Å². The Morgan fingerprint density at radius 3 is 1.77 bits per heavy atom. The van der Waals surface area contributed by atoms with Crippen molar-refractivity contribution in [1.82, 2.24) is 0 Å². The minimum absolute atomic E-state index is 0.0826. The highest BCUT2D eigenvalue weighted by molar-refractivity contribution is 5.86. The maximum atomic E-state index is 11.5. The van der Waals surface area contributed by atoms with Gasteiger partial charge in [0.05, 0.1) is 9.85 Å². The van der Waals surface area contributed by atoms with Crippen molar-refractivity contribution in [3.63, 3.8) is 0 Å². The molecule has 4 N–H and O–H groups in total. The van der Waals surface area contributed by atoms with Crippen molar-refractivity contribution in [2.24, 2.45) is 0 Å². The largest absolute Gasteiger partial charge is 0.393 e. The van der Waals surface area contributed by atoms with Gasteiger partial charge in [-0.2, -0.15) is 0 Å². The molecule has 0 aliphatic carbocycles. The van der Waals surface area contributed by atoms with E-state index in [9.17, 15) is 20.2 Å². The number of nitrogens with two attached hydrogens (primary N) is 2. The second-order valence-electron chi connectivity index (χ2n) is 5.35. The van der Waals surface area contributed by atoms with E-state index in [1.807, 2.05) is 13.8 Å². The van der Waals surface area contributed by atoms with Crippen molar-refractivity contribution < 1.29 is 9.85 Å². The van der Waals surface area contributed by atoms with Crippen molar-refractivity contribution >= 4 is 22.7 Å². The van der Waals surface area contributed by atoms with E-state index in [1.165, 1.54) is 0 Å². The van der Waals surface area contributed by atoms with Crippen LogP contribution in [0.1, 0.15) is 56.6 Å². The van der Waals surface area contributed by atoms with Crippen LogP contribution in [0.4, 0.5) is 22.7 Å². The zero-order valence-corrected chi connectivity index (χ0v) is 13.1. The standard InChI is InChI=1S/C14H22N4O4/c1-4-6-9(7-5-2)10-8(3)11(15)14(18(21)22)12(16)13(10)17(19)20/h9H,4-7,15-16H2,1-3H3. The Bertz CT molecular complexity index is 595. The fourth-order valence-corrected chi connectivity index (χ4v) is 2.93. The minimum Gasteiger partial charge on any atom is -0.393 e. The van der Waals surface area contributed by atoms with Crippen LogP contribution in [0, 0.1) is 27.2 Å². The molecule has 1 aromatic carbocycles. The van der Waals surface area contributed by atoms with Gasteiger partial charge in [0.2, 0.25) is 0 Å². The van der Waals surface area contributed by atoms with Gasteiger partial charge in [-0.3, -0.25) is 20.2 Å². The van der Waals surface area contributed by atoms with Crippen LogP contribution in [-0.4, -0.2) is 9.85 Å². The minimum atomic E-state index is -0.761. The molecule has 22 heavy (non-hydrogen) atoms. The predicted molar refractivity (Wildman–Crippen MR) is 85.9 cm³/mol. The lowest BCUT2D eigenvalue weighted by Crippen LogP contribution is -2.13. The summed E-state index contributed by atoms with van der Waals surface area (Å²) in [6.07, 6.45) is 3.18. The molecule has 0 spiro atoms. The summed E-state index contributed by atoms with van der Waals surface area (Å²) in [5.74, 6) is -0.0826. The summed E-state index contributed by atoms with van der Waals surface area (Å²) in [5, 5.41) is 22.6. The van der Waals surface area contributed by atoms with E-state index >= 15 is 0 Å². The van der Waals surface area contributed by atoms with Gasteiger partial charge in [-0.25, -0.2) is 0 Å². The normalized spacial score (nSPS) is 10.9. The third kappa shape index (κ3) is 3.10. The van der Waals surface area contributed by atoms with E-state index in [0.29, 0.717) is 11.1 Å². The van der Waals surface area contributed by atoms with Crippen LogP contribution < -0.4 is 11.5 Å². The average molecular weight is 310 g/mol. The number of nitrogen functional groups attached to an aromatic ring is 2. The molecule has 0 atom stereocenters. The zero-order valence-electron chi connectivity index (χ0n) is 13.1. The SMILES string of the molecule is CCCC(CCC)c1c(C)c(N)c([N+](=O)[O-])c(N)c1[N+](=O)[O-]. The molecule has 0 saturated carbocycles. The van der Waals surface area contributed by atoms with E-state index in [1.54, 1.807) is 6.92 Å². The summed E-state index contributed by atoms with van der Waals surface area (Å²) < 4.78 is 0. The second kappa shape index (κ2) is 7.06. The molecule has 0 aliphatic rings. The first-order valence-electron chi connectivity index (χ1n) is 7.27. The quantitative estimate of drug-likeness (QED) is 0.447. The number of rotatable bonds is 7. The summed E-state index contributed by atoms with van der Waals surface area (Å²) in [4.78, 5) is 21.2. The lowest BCUT2D eigenvalue weighted by molar-refractivity contribution is -0.392. The lowest BCUT2D eigenvalue weighted by Gasteiger charge is -2.20. The van der Waals surface area contributed by atoms with E-state index in [2.05, 4.69) is 0 Å². The van der Waals surface area contributed by atoms with Gasteiger partial charge in [-0.1, -0.05) is 26.7 Å². The molecule has 122 valence electrons. The maximum Gasteiger partial charge on any atom is 0.322 e.